The van der Waals surface area contributed by atoms with Crippen LogP contribution in [0.3, 0.4) is 0 Å². The van der Waals surface area contributed by atoms with Crippen LogP contribution in [0.5, 0.6) is 0 Å². The van der Waals surface area contributed by atoms with Crippen LogP contribution in [0, 0.1) is 11.6 Å². The monoisotopic (exact) mass is 250 g/mol. The van der Waals surface area contributed by atoms with Crippen LogP contribution >= 0.6 is 0 Å². The number of imidazole rings is 2. The number of hydrogen-bond acceptors (Lipinski definition) is 2. The summed E-state index contributed by atoms with van der Waals surface area (Å²) in [6, 6.07) is 2.13. The van der Waals surface area contributed by atoms with E-state index >= 15 is 0 Å². The van der Waals surface area contributed by atoms with Crippen LogP contribution in [0.25, 0.3) is 16.8 Å². The molecule has 0 spiro atoms. The van der Waals surface area contributed by atoms with Gasteiger partial charge in [-0.15, -0.1) is 0 Å². The number of halogens is 2. The maximum Gasteiger partial charge on any atom is 0.215 e. The first-order valence-electron chi connectivity index (χ1n) is 5.63. The third-order valence-corrected chi connectivity index (χ3v) is 3.10. The Bertz CT molecular complexity index is 742. The standard InChI is InChI=1S/C12H12F2N4/c1-17-8(2-3-15)6-18-10-5-7(13)4-9(14)11(10)16-12(17)18/h4-6H,2-3,15H2,1H3. The Labute approximate surface area is 102 Å². The van der Waals surface area contributed by atoms with Gasteiger partial charge in [0.1, 0.15) is 11.3 Å². The highest BCUT2D eigenvalue weighted by Crippen LogP contribution is 2.22. The summed E-state index contributed by atoms with van der Waals surface area (Å²) in [5.41, 5.74) is 7.11. The van der Waals surface area contributed by atoms with E-state index < -0.39 is 11.6 Å². The minimum absolute atomic E-state index is 0.182. The van der Waals surface area contributed by atoms with E-state index in [0.717, 1.165) is 11.8 Å². The Hall–Kier alpha value is -1.95. The lowest BCUT2D eigenvalue weighted by Crippen LogP contribution is -2.06. The minimum atomic E-state index is -0.644. The summed E-state index contributed by atoms with van der Waals surface area (Å²) in [4.78, 5) is 4.20. The molecule has 0 aliphatic carbocycles. The molecule has 0 unspecified atom stereocenters. The van der Waals surface area contributed by atoms with E-state index in [4.69, 9.17) is 5.73 Å². The number of rotatable bonds is 2. The molecule has 18 heavy (non-hydrogen) atoms. The number of aryl methyl sites for hydroxylation is 1. The predicted molar refractivity (Wildman–Crippen MR) is 64.3 cm³/mol. The molecule has 94 valence electrons. The lowest BCUT2D eigenvalue weighted by atomic mass is 10.3. The zero-order valence-electron chi connectivity index (χ0n) is 9.82. The largest absolute Gasteiger partial charge is 0.330 e. The van der Waals surface area contributed by atoms with Gasteiger partial charge in [-0.25, -0.2) is 13.8 Å². The van der Waals surface area contributed by atoms with E-state index in [1.165, 1.54) is 6.07 Å². The number of hydrogen-bond donors (Lipinski definition) is 1. The van der Waals surface area contributed by atoms with E-state index in [9.17, 15) is 8.78 Å². The van der Waals surface area contributed by atoms with Crippen molar-refractivity contribution in [2.45, 2.75) is 6.42 Å². The first kappa shape index (κ1) is 11.2. The molecule has 4 nitrogen and oxygen atoms in total. The molecule has 2 N–H and O–H groups in total. The number of nitrogens with two attached hydrogens (primary N) is 1. The number of benzene rings is 1. The Morgan fingerprint density at radius 1 is 1.33 bits per heavy atom. The number of fused-ring (bicyclic) bond motifs is 3. The first-order chi connectivity index (χ1) is 8.61. The van der Waals surface area contributed by atoms with Crippen molar-refractivity contribution in [2.75, 3.05) is 6.54 Å². The lowest BCUT2D eigenvalue weighted by Gasteiger charge is -1.98. The van der Waals surface area contributed by atoms with Crippen molar-refractivity contribution in [3.05, 3.63) is 35.7 Å². The fourth-order valence-electron chi connectivity index (χ4n) is 2.22. The summed E-state index contributed by atoms with van der Waals surface area (Å²) < 4.78 is 30.4. The van der Waals surface area contributed by atoms with Gasteiger partial charge in [0.2, 0.25) is 5.78 Å². The van der Waals surface area contributed by atoms with Gasteiger partial charge < -0.3 is 10.3 Å². The van der Waals surface area contributed by atoms with Gasteiger partial charge in [-0.2, -0.15) is 0 Å². The lowest BCUT2D eigenvalue weighted by molar-refractivity contribution is 0.590. The van der Waals surface area contributed by atoms with Crippen molar-refractivity contribution in [3.8, 4) is 0 Å². The third kappa shape index (κ3) is 1.42. The summed E-state index contributed by atoms with van der Waals surface area (Å²) in [5, 5.41) is 0. The van der Waals surface area contributed by atoms with Gasteiger partial charge >= 0.3 is 0 Å². The van der Waals surface area contributed by atoms with Crippen molar-refractivity contribution >= 4 is 16.8 Å². The molecule has 0 amide bonds. The van der Waals surface area contributed by atoms with Gasteiger partial charge in [0.05, 0.1) is 5.52 Å². The highest BCUT2D eigenvalue weighted by Gasteiger charge is 2.15. The maximum absolute atomic E-state index is 13.6. The molecule has 0 aliphatic rings. The van der Waals surface area contributed by atoms with Crippen molar-refractivity contribution in [3.63, 3.8) is 0 Å². The topological polar surface area (TPSA) is 48.2 Å². The molecule has 2 aromatic heterocycles. The Balaban J connectivity index is 2.38. The van der Waals surface area contributed by atoms with E-state index in [1.54, 1.807) is 4.40 Å². The van der Waals surface area contributed by atoms with Crippen LogP contribution in [0.2, 0.25) is 0 Å². The average molecular weight is 250 g/mol. The normalized spacial score (nSPS) is 11.8. The second-order valence-electron chi connectivity index (χ2n) is 4.26. The summed E-state index contributed by atoms with van der Waals surface area (Å²) >= 11 is 0. The van der Waals surface area contributed by atoms with E-state index in [2.05, 4.69) is 4.98 Å². The van der Waals surface area contributed by atoms with Gasteiger partial charge in [0.25, 0.3) is 0 Å². The molecule has 3 rings (SSSR count). The molecule has 0 aliphatic heterocycles. The van der Waals surface area contributed by atoms with Crippen molar-refractivity contribution in [2.24, 2.45) is 12.8 Å². The molecule has 0 fully saturated rings. The van der Waals surface area contributed by atoms with Crippen LogP contribution in [0.4, 0.5) is 8.78 Å². The zero-order chi connectivity index (χ0) is 12.9. The molecule has 3 aromatic rings. The van der Waals surface area contributed by atoms with E-state index in [-0.39, 0.29) is 5.52 Å². The quantitative estimate of drug-likeness (QED) is 0.751. The highest BCUT2D eigenvalue weighted by atomic mass is 19.1. The highest BCUT2D eigenvalue weighted by molar-refractivity contribution is 5.80. The molecule has 1 aromatic carbocycles. The van der Waals surface area contributed by atoms with Crippen LogP contribution in [0.1, 0.15) is 5.69 Å². The van der Waals surface area contributed by atoms with E-state index in [1.807, 2.05) is 17.8 Å². The van der Waals surface area contributed by atoms with Crippen LogP contribution < -0.4 is 5.73 Å². The molecule has 0 bridgehead atoms. The molecule has 0 radical (unpaired) electrons. The second kappa shape index (κ2) is 3.78. The van der Waals surface area contributed by atoms with Crippen LogP contribution in [0.15, 0.2) is 18.3 Å². The molecule has 0 saturated carbocycles. The Morgan fingerprint density at radius 2 is 2.11 bits per heavy atom. The predicted octanol–water partition coefficient (Wildman–Crippen LogP) is 1.61. The zero-order valence-corrected chi connectivity index (χ0v) is 9.82. The van der Waals surface area contributed by atoms with Crippen molar-refractivity contribution < 1.29 is 8.78 Å². The van der Waals surface area contributed by atoms with Crippen molar-refractivity contribution in [1.29, 1.82) is 0 Å². The minimum Gasteiger partial charge on any atom is -0.330 e. The Morgan fingerprint density at radius 3 is 2.83 bits per heavy atom. The van der Waals surface area contributed by atoms with Crippen molar-refractivity contribution in [1.82, 2.24) is 14.0 Å². The third-order valence-electron chi connectivity index (χ3n) is 3.10. The van der Waals surface area contributed by atoms with E-state index in [0.29, 0.717) is 24.3 Å². The SMILES string of the molecule is Cn1c(CCN)cn2c3cc(F)cc(F)c3nc12. The fraction of sp³-hybridized carbons (Fsp3) is 0.250. The fourth-order valence-corrected chi connectivity index (χ4v) is 2.22. The maximum atomic E-state index is 13.6. The Kier molecular flexibility index (Phi) is 2.34. The van der Waals surface area contributed by atoms with Crippen LogP contribution in [-0.2, 0) is 13.5 Å². The summed E-state index contributed by atoms with van der Waals surface area (Å²) in [5.74, 6) is -0.668. The average Bonchev–Trinajstić information content (AvgIpc) is 2.80. The molecule has 0 saturated heterocycles. The summed E-state index contributed by atoms with van der Waals surface area (Å²) in [7, 11) is 1.83. The smallest absolute Gasteiger partial charge is 0.215 e. The van der Waals surface area contributed by atoms with Crippen LogP contribution in [-0.4, -0.2) is 20.5 Å². The van der Waals surface area contributed by atoms with Gasteiger partial charge in [-0.05, 0) is 6.54 Å². The molecule has 2 heterocycles. The van der Waals surface area contributed by atoms with Gasteiger partial charge in [0, 0.05) is 37.5 Å². The van der Waals surface area contributed by atoms with Gasteiger partial charge in [-0.3, -0.25) is 4.40 Å². The van der Waals surface area contributed by atoms with Gasteiger partial charge in [-0.1, -0.05) is 0 Å². The first-order valence-corrected chi connectivity index (χ1v) is 5.63. The molecule has 6 heteroatoms. The molecule has 0 atom stereocenters. The summed E-state index contributed by atoms with van der Waals surface area (Å²) in [6.07, 6.45) is 2.51. The molecular weight excluding hydrogens is 238 g/mol. The second-order valence-corrected chi connectivity index (χ2v) is 4.26. The number of aromatic nitrogens is 3. The number of nitrogens with zero attached hydrogens (tertiary/aromatic N) is 3. The summed E-state index contributed by atoms with van der Waals surface area (Å²) in [6.45, 7) is 0.516. The van der Waals surface area contributed by atoms with Gasteiger partial charge in [0.15, 0.2) is 5.82 Å². The molecular formula is C12H12F2N4.